The number of ether oxygens (including phenoxy) is 1. The predicted octanol–water partition coefficient (Wildman–Crippen LogP) is 4.32. The summed E-state index contributed by atoms with van der Waals surface area (Å²) in [6.07, 6.45) is 0. The molecule has 0 aromatic heterocycles. The number of hydrogen-bond acceptors (Lipinski definition) is 4. The molecular weight excluding hydrogens is 395 g/mol. The third-order valence-corrected chi connectivity index (χ3v) is 5.11. The van der Waals surface area contributed by atoms with Gasteiger partial charge in [-0.05, 0) is 48.4 Å². The molecule has 2 atom stereocenters. The fourth-order valence-electron chi connectivity index (χ4n) is 2.99. The number of aliphatic hydroxyl groups excluding tert-OH is 1. The first-order valence-corrected chi connectivity index (χ1v) is 10.1. The maximum absolute atomic E-state index is 14.6. The molecule has 1 unspecified atom stereocenters. The van der Waals surface area contributed by atoms with Crippen LogP contribution in [0.4, 0.5) is 10.1 Å². The molecule has 31 heavy (non-hydrogen) atoms. The molecule has 0 saturated carbocycles. The molecule has 5 nitrogen and oxygen atoms in total. The lowest BCUT2D eigenvalue weighted by molar-refractivity contribution is -0.121. The molecule has 1 amide bonds. The van der Waals surface area contributed by atoms with E-state index in [2.05, 4.69) is 5.32 Å². The fraction of sp³-hybridized carbons (Fsp3) is 0.240. The van der Waals surface area contributed by atoms with Crippen LogP contribution < -0.4 is 15.8 Å². The minimum atomic E-state index is -1.35. The molecule has 0 fully saturated rings. The lowest BCUT2D eigenvalue weighted by Crippen LogP contribution is -2.51. The third kappa shape index (κ3) is 5.69. The number of hydrogen-bond donors (Lipinski definition) is 3. The Hall–Kier alpha value is -3.22. The van der Waals surface area contributed by atoms with Crippen molar-refractivity contribution < 1.29 is 19.0 Å². The van der Waals surface area contributed by atoms with Gasteiger partial charge in [-0.25, -0.2) is 4.39 Å². The molecule has 4 N–H and O–H groups in total. The maximum Gasteiger partial charge on any atom is 0.246 e. The second-order valence-electron chi connectivity index (χ2n) is 7.87. The van der Waals surface area contributed by atoms with Gasteiger partial charge in [-0.15, -0.1) is 0 Å². The van der Waals surface area contributed by atoms with E-state index in [0.29, 0.717) is 23.6 Å². The van der Waals surface area contributed by atoms with Crippen LogP contribution in [0.25, 0.3) is 11.1 Å². The number of carbonyl (C=O) groups is 1. The van der Waals surface area contributed by atoms with Gasteiger partial charge in [-0.1, -0.05) is 49.4 Å². The Kier molecular flexibility index (Phi) is 7.05. The van der Waals surface area contributed by atoms with Crippen LogP contribution in [0.2, 0.25) is 0 Å². The van der Waals surface area contributed by atoms with Crippen LogP contribution in [-0.2, 0) is 4.79 Å². The van der Waals surface area contributed by atoms with Crippen molar-refractivity contribution in [1.82, 2.24) is 0 Å². The van der Waals surface area contributed by atoms with E-state index in [1.54, 1.807) is 36.4 Å². The van der Waals surface area contributed by atoms with Crippen LogP contribution in [0.15, 0.2) is 72.8 Å². The van der Waals surface area contributed by atoms with Gasteiger partial charge in [0.05, 0.1) is 13.2 Å². The Balaban J connectivity index is 1.59. The minimum absolute atomic E-state index is 0.0128. The molecule has 0 heterocycles. The summed E-state index contributed by atoms with van der Waals surface area (Å²) in [7, 11) is 0. The summed E-state index contributed by atoms with van der Waals surface area (Å²) in [5, 5.41) is 11.8. The first kappa shape index (κ1) is 22.5. The average molecular weight is 423 g/mol. The number of carbonyl (C=O) groups excluding carboxylic acids is 1. The molecule has 3 aromatic rings. The summed E-state index contributed by atoms with van der Waals surface area (Å²) >= 11 is 0. The second kappa shape index (κ2) is 9.73. The summed E-state index contributed by atoms with van der Waals surface area (Å²) in [6.45, 7) is 3.35. The molecular formula is C25H27FN2O3. The molecule has 6 heteroatoms. The van der Waals surface area contributed by atoms with Crippen LogP contribution in [0, 0.1) is 5.82 Å². The van der Waals surface area contributed by atoms with Crippen molar-refractivity contribution in [2.75, 3.05) is 18.5 Å². The summed E-state index contributed by atoms with van der Waals surface area (Å²) in [4.78, 5) is 12.0. The quantitative estimate of drug-likeness (QED) is 0.505. The van der Waals surface area contributed by atoms with Gasteiger partial charge in [-0.2, -0.15) is 0 Å². The lowest BCUT2D eigenvalue weighted by Gasteiger charge is -2.20. The van der Waals surface area contributed by atoms with Crippen molar-refractivity contribution in [3.05, 3.63) is 84.2 Å². The van der Waals surface area contributed by atoms with Gasteiger partial charge in [0, 0.05) is 17.2 Å². The molecule has 0 aliphatic rings. The van der Waals surface area contributed by atoms with Crippen molar-refractivity contribution in [2.24, 2.45) is 5.73 Å². The number of nitrogens with two attached hydrogens (primary N) is 1. The molecule has 162 valence electrons. The van der Waals surface area contributed by atoms with Gasteiger partial charge in [0.25, 0.3) is 0 Å². The molecule has 3 aromatic carbocycles. The Bertz CT molecular complexity index is 1020. The normalized spacial score (nSPS) is 13.8. The summed E-state index contributed by atoms with van der Waals surface area (Å²) in [6, 6.07) is 21.6. The highest BCUT2D eigenvalue weighted by Crippen LogP contribution is 2.27. The van der Waals surface area contributed by atoms with Crippen LogP contribution in [0.1, 0.15) is 25.3 Å². The van der Waals surface area contributed by atoms with Crippen LogP contribution in [0.3, 0.4) is 0 Å². The monoisotopic (exact) mass is 422 g/mol. The Morgan fingerprint density at radius 2 is 1.81 bits per heavy atom. The van der Waals surface area contributed by atoms with Gasteiger partial charge in [-0.3, -0.25) is 4.79 Å². The molecule has 0 bridgehead atoms. The average Bonchev–Trinajstić information content (AvgIpc) is 2.78. The molecule has 0 saturated heterocycles. The van der Waals surface area contributed by atoms with Crippen molar-refractivity contribution >= 4 is 11.6 Å². The highest BCUT2D eigenvalue weighted by molar-refractivity contribution is 5.97. The Morgan fingerprint density at radius 1 is 1.13 bits per heavy atom. The van der Waals surface area contributed by atoms with Crippen molar-refractivity contribution in [1.29, 1.82) is 0 Å². The van der Waals surface area contributed by atoms with E-state index < -0.39 is 18.1 Å². The van der Waals surface area contributed by atoms with E-state index in [1.807, 2.05) is 43.3 Å². The predicted molar refractivity (Wildman–Crippen MR) is 120 cm³/mol. The highest BCUT2D eigenvalue weighted by Gasteiger charge is 2.27. The number of rotatable bonds is 8. The van der Waals surface area contributed by atoms with Crippen LogP contribution in [-0.4, -0.2) is 29.8 Å². The van der Waals surface area contributed by atoms with E-state index in [0.717, 1.165) is 11.1 Å². The number of amides is 1. The summed E-state index contributed by atoms with van der Waals surface area (Å²) in [5.74, 6) is -0.117. The van der Waals surface area contributed by atoms with E-state index in [1.165, 1.54) is 6.92 Å². The number of benzene rings is 3. The van der Waals surface area contributed by atoms with Crippen molar-refractivity contribution in [2.45, 2.75) is 25.3 Å². The third-order valence-electron chi connectivity index (χ3n) is 5.11. The smallest absolute Gasteiger partial charge is 0.246 e. The zero-order chi connectivity index (χ0) is 22.4. The van der Waals surface area contributed by atoms with Gasteiger partial charge in [0.1, 0.15) is 17.1 Å². The van der Waals surface area contributed by atoms with E-state index in [9.17, 15) is 9.18 Å². The van der Waals surface area contributed by atoms with Crippen LogP contribution in [0.5, 0.6) is 5.75 Å². The first-order chi connectivity index (χ1) is 14.8. The van der Waals surface area contributed by atoms with E-state index in [4.69, 9.17) is 15.6 Å². The van der Waals surface area contributed by atoms with Crippen LogP contribution >= 0.6 is 0 Å². The molecule has 0 spiro atoms. The topological polar surface area (TPSA) is 84.6 Å². The highest BCUT2D eigenvalue weighted by atomic mass is 19.1. The maximum atomic E-state index is 14.6. The summed E-state index contributed by atoms with van der Waals surface area (Å²) < 4.78 is 20.4. The number of halogens is 1. The minimum Gasteiger partial charge on any atom is -0.493 e. The largest absolute Gasteiger partial charge is 0.493 e. The molecule has 3 rings (SSSR count). The SMILES string of the molecule is CC(COc1ccc(NC(=O)[C@@](C)(N)CO)cc1)c1ccc(-c2ccccc2)c(F)c1. The zero-order valence-electron chi connectivity index (χ0n) is 17.6. The van der Waals surface area contributed by atoms with E-state index >= 15 is 0 Å². The second-order valence-corrected chi connectivity index (χ2v) is 7.87. The van der Waals surface area contributed by atoms with Gasteiger partial charge < -0.3 is 20.9 Å². The van der Waals surface area contributed by atoms with Crippen molar-refractivity contribution in [3.8, 4) is 16.9 Å². The lowest BCUT2D eigenvalue weighted by atomic mass is 9.97. The van der Waals surface area contributed by atoms with E-state index in [-0.39, 0.29) is 11.7 Å². The Labute approximate surface area is 181 Å². The molecule has 0 radical (unpaired) electrons. The molecule has 0 aliphatic carbocycles. The number of anilines is 1. The number of aliphatic hydroxyl groups is 1. The van der Waals surface area contributed by atoms with Gasteiger partial charge in [0.2, 0.25) is 5.91 Å². The standard InChI is InChI=1S/C25H27FN2O3/c1-17(19-8-13-22(23(26)14-19)18-6-4-3-5-7-18)15-31-21-11-9-20(10-12-21)28-24(30)25(2,27)16-29/h3-14,17,29H,15-16,27H2,1-2H3,(H,28,30)/t17?,25-/m0/s1. The summed E-state index contributed by atoms with van der Waals surface area (Å²) in [5.41, 5.74) is 7.18. The van der Waals surface area contributed by atoms with Crippen molar-refractivity contribution in [3.63, 3.8) is 0 Å². The fourth-order valence-corrected chi connectivity index (χ4v) is 2.99. The van der Waals surface area contributed by atoms with Gasteiger partial charge in [0.15, 0.2) is 0 Å². The van der Waals surface area contributed by atoms with Gasteiger partial charge >= 0.3 is 0 Å². The number of nitrogens with one attached hydrogen (secondary N) is 1. The zero-order valence-corrected chi connectivity index (χ0v) is 17.6. The molecule has 0 aliphatic heterocycles. The first-order valence-electron chi connectivity index (χ1n) is 10.1. The Morgan fingerprint density at radius 3 is 2.42 bits per heavy atom.